The van der Waals surface area contributed by atoms with Gasteiger partial charge in [-0.1, -0.05) is 17.7 Å². The molecular formula is C14H23ClN2O3S. The second kappa shape index (κ2) is 7.98. The number of sulfonamides is 1. The Balaban J connectivity index is 0.00000220. The fraction of sp³-hybridized carbons (Fsp3) is 0.571. The molecule has 1 saturated heterocycles. The topological polar surface area (TPSA) is 58.6 Å². The third kappa shape index (κ3) is 5.14. The molecule has 1 unspecified atom stereocenters. The van der Waals surface area contributed by atoms with Crippen LogP contribution in [0.4, 0.5) is 0 Å². The highest BCUT2D eigenvalue weighted by molar-refractivity contribution is 7.89. The summed E-state index contributed by atoms with van der Waals surface area (Å²) in [5.41, 5.74) is 1.15. The molecule has 0 aliphatic carbocycles. The zero-order valence-electron chi connectivity index (χ0n) is 12.4. The number of aryl methyl sites for hydroxylation is 1. The van der Waals surface area contributed by atoms with Crippen molar-refractivity contribution in [1.29, 1.82) is 0 Å². The van der Waals surface area contributed by atoms with Gasteiger partial charge < -0.3 is 10.1 Å². The number of benzene rings is 1. The first kappa shape index (κ1) is 18.2. The molecule has 120 valence electrons. The van der Waals surface area contributed by atoms with Crippen molar-refractivity contribution in [2.45, 2.75) is 19.9 Å². The Kier molecular flexibility index (Phi) is 6.93. The molecule has 0 aromatic heterocycles. The highest BCUT2D eigenvalue weighted by Crippen LogP contribution is 2.13. The van der Waals surface area contributed by atoms with E-state index in [-0.39, 0.29) is 30.8 Å². The average Bonchev–Trinajstić information content (AvgIpc) is 2.41. The average molecular weight is 335 g/mol. The van der Waals surface area contributed by atoms with Crippen LogP contribution in [0.3, 0.4) is 0 Å². The van der Waals surface area contributed by atoms with E-state index in [0.717, 1.165) is 5.56 Å². The Morgan fingerprint density at radius 1 is 1.33 bits per heavy atom. The second-order valence-electron chi connectivity index (χ2n) is 5.14. The maximum absolute atomic E-state index is 12.3. The molecule has 1 fully saturated rings. The van der Waals surface area contributed by atoms with Gasteiger partial charge in [-0.05, 0) is 26.0 Å². The van der Waals surface area contributed by atoms with E-state index in [0.29, 0.717) is 25.4 Å². The van der Waals surface area contributed by atoms with Crippen LogP contribution in [0.25, 0.3) is 0 Å². The van der Waals surface area contributed by atoms with E-state index >= 15 is 0 Å². The van der Waals surface area contributed by atoms with Gasteiger partial charge >= 0.3 is 0 Å². The number of nitrogens with zero attached hydrogens (tertiary/aromatic N) is 1. The molecule has 0 amide bonds. The number of piperazine rings is 1. The molecule has 1 aliphatic rings. The fourth-order valence-electron chi connectivity index (χ4n) is 2.25. The lowest BCUT2D eigenvalue weighted by atomic mass is 10.2. The molecule has 0 bridgehead atoms. The van der Waals surface area contributed by atoms with Crippen LogP contribution in [0.15, 0.2) is 24.3 Å². The smallest absolute Gasteiger partial charge is 0.217 e. The lowest BCUT2D eigenvalue weighted by Gasteiger charge is -2.32. The molecule has 2 rings (SSSR count). The predicted molar refractivity (Wildman–Crippen MR) is 86.7 cm³/mol. The summed E-state index contributed by atoms with van der Waals surface area (Å²) < 4.78 is 31.6. The minimum Gasteiger partial charge on any atom is -0.492 e. The number of rotatable bonds is 5. The molecule has 5 nitrogen and oxygen atoms in total. The first-order chi connectivity index (χ1) is 9.49. The Hall–Kier alpha value is -0.820. The highest BCUT2D eigenvalue weighted by atomic mass is 35.5. The number of hydrogen-bond donors (Lipinski definition) is 1. The van der Waals surface area contributed by atoms with Gasteiger partial charge in [0.1, 0.15) is 12.4 Å². The molecular weight excluding hydrogens is 312 g/mol. The number of hydrogen-bond acceptors (Lipinski definition) is 4. The van der Waals surface area contributed by atoms with Crippen molar-refractivity contribution in [3.05, 3.63) is 29.8 Å². The highest BCUT2D eigenvalue weighted by Gasteiger charge is 2.29. The zero-order chi connectivity index (χ0) is 14.6. The summed E-state index contributed by atoms with van der Waals surface area (Å²) >= 11 is 0. The van der Waals surface area contributed by atoms with E-state index in [1.807, 2.05) is 38.1 Å². The summed E-state index contributed by atoms with van der Waals surface area (Å²) in [7, 11) is -3.24. The SMILES string of the molecule is Cc1ccc(OCCS(=O)(=O)N2CCNCC2C)cc1.Cl. The minimum absolute atomic E-state index is 0. The quantitative estimate of drug-likeness (QED) is 0.884. The molecule has 1 aromatic rings. The Morgan fingerprint density at radius 3 is 2.62 bits per heavy atom. The van der Waals surface area contributed by atoms with Crippen molar-refractivity contribution in [1.82, 2.24) is 9.62 Å². The molecule has 0 saturated carbocycles. The Bertz CT molecular complexity index is 534. The summed E-state index contributed by atoms with van der Waals surface area (Å²) in [4.78, 5) is 0. The van der Waals surface area contributed by atoms with Gasteiger partial charge in [0.25, 0.3) is 0 Å². The lowest BCUT2D eigenvalue weighted by Crippen LogP contribution is -2.53. The molecule has 1 N–H and O–H groups in total. The van der Waals surface area contributed by atoms with Crippen molar-refractivity contribution in [3.8, 4) is 5.75 Å². The van der Waals surface area contributed by atoms with Crippen LogP contribution < -0.4 is 10.1 Å². The Morgan fingerprint density at radius 2 is 2.00 bits per heavy atom. The summed E-state index contributed by atoms with van der Waals surface area (Å²) in [6.07, 6.45) is 0. The van der Waals surface area contributed by atoms with Crippen molar-refractivity contribution < 1.29 is 13.2 Å². The van der Waals surface area contributed by atoms with Gasteiger partial charge in [-0.2, -0.15) is 4.31 Å². The molecule has 1 aliphatic heterocycles. The maximum Gasteiger partial charge on any atom is 0.217 e. The monoisotopic (exact) mass is 334 g/mol. The van der Waals surface area contributed by atoms with Crippen LogP contribution >= 0.6 is 12.4 Å². The van der Waals surface area contributed by atoms with Crippen molar-refractivity contribution >= 4 is 22.4 Å². The van der Waals surface area contributed by atoms with Gasteiger partial charge in [-0.15, -0.1) is 12.4 Å². The van der Waals surface area contributed by atoms with Gasteiger partial charge in [0.2, 0.25) is 10.0 Å². The van der Waals surface area contributed by atoms with Crippen LogP contribution in [0.5, 0.6) is 5.75 Å². The third-order valence-corrected chi connectivity index (χ3v) is 5.37. The first-order valence-electron chi connectivity index (χ1n) is 6.89. The molecule has 21 heavy (non-hydrogen) atoms. The van der Waals surface area contributed by atoms with Gasteiger partial charge in [-0.25, -0.2) is 8.42 Å². The van der Waals surface area contributed by atoms with Gasteiger partial charge in [0.15, 0.2) is 0 Å². The predicted octanol–water partition coefficient (Wildman–Crippen LogP) is 1.42. The maximum atomic E-state index is 12.3. The van der Waals surface area contributed by atoms with Crippen LogP contribution in [-0.4, -0.2) is 50.8 Å². The zero-order valence-corrected chi connectivity index (χ0v) is 14.0. The molecule has 1 heterocycles. The molecule has 7 heteroatoms. The molecule has 1 aromatic carbocycles. The number of ether oxygens (including phenoxy) is 1. The lowest BCUT2D eigenvalue weighted by molar-refractivity contribution is 0.278. The third-order valence-electron chi connectivity index (χ3n) is 3.43. The van der Waals surface area contributed by atoms with E-state index in [1.165, 1.54) is 0 Å². The van der Waals surface area contributed by atoms with Crippen LogP contribution in [0.2, 0.25) is 0 Å². The van der Waals surface area contributed by atoms with Gasteiger partial charge in [0, 0.05) is 25.7 Å². The summed E-state index contributed by atoms with van der Waals surface area (Å²) in [5.74, 6) is 0.727. The molecule has 1 atom stereocenters. The van der Waals surface area contributed by atoms with Crippen LogP contribution in [0.1, 0.15) is 12.5 Å². The summed E-state index contributed by atoms with van der Waals surface area (Å²) in [5, 5.41) is 3.19. The van der Waals surface area contributed by atoms with E-state index in [1.54, 1.807) is 4.31 Å². The first-order valence-corrected chi connectivity index (χ1v) is 8.50. The van der Waals surface area contributed by atoms with Crippen LogP contribution in [-0.2, 0) is 10.0 Å². The van der Waals surface area contributed by atoms with E-state index in [9.17, 15) is 8.42 Å². The van der Waals surface area contributed by atoms with Gasteiger partial charge in [-0.3, -0.25) is 0 Å². The second-order valence-corrected chi connectivity index (χ2v) is 7.18. The normalized spacial score (nSPS) is 19.8. The van der Waals surface area contributed by atoms with Crippen molar-refractivity contribution in [2.75, 3.05) is 32.0 Å². The standard InChI is InChI=1S/C14H22N2O3S.ClH/c1-12-3-5-14(6-4-12)19-9-10-20(17,18)16-8-7-15-11-13(16)2;/h3-6,13,15H,7-11H2,1-2H3;1H. The van der Waals surface area contributed by atoms with Crippen molar-refractivity contribution in [3.63, 3.8) is 0 Å². The Labute approximate surface area is 133 Å². The van der Waals surface area contributed by atoms with Crippen molar-refractivity contribution in [2.24, 2.45) is 0 Å². The van der Waals surface area contributed by atoms with Gasteiger partial charge in [0.05, 0.1) is 5.75 Å². The van der Waals surface area contributed by atoms with Crippen LogP contribution in [0, 0.1) is 6.92 Å². The minimum atomic E-state index is -3.24. The number of halogens is 1. The number of nitrogens with one attached hydrogen (secondary N) is 1. The van der Waals surface area contributed by atoms with E-state index < -0.39 is 10.0 Å². The largest absolute Gasteiger partial charge is 0.492 e. The van der Waals surface area contributed by atoms with E-state index in [4.69, 9.17) is 4.74 Å². The molecule has 0 radical (unpaired) electrons. The molecule has 0 spiro atoms. The fourth-order valence-corrected chi connectivity index (χ4v) is 3.77. The van der Waals surface area contributed by atoms with E-state index in [2.05, 4.69) is 5.32 Å². The summed E-state index contributed by atoms with van der Waals surface area (Å²) in [6, 6.07) is 7.61. The summed E-state index contributed by atoms with van der Waals surface area (Å²) in [6.45, 7) is 6.06.